The molecule has 2 aromatic rings. The molecular weight excluding hydrogens is 520 g/mol. The Hall–Kier alpha value is -3.24. The summed E-state index contributed by atoms with van der Waals surface area (Å²) in [4.78, 5) is 45.7. The Kier molecular flexibility index (Phi) is 9.23. The van der Waals surface area contributed by atoms with Crippen molar-refractivity contribution in [1.29, 1.82) is 0 Å². The number of nitrogens with zero attached hydrogens (tertiary/aromatic N) is 4. The number of piperidine rings is 1. The Morgan fingerprint density at radius 3 is 2.29 bits per heavy atom. The van der Waals surface area contributed by atoms with Crippen molar-refractivity contribution in [3.05, 3.63) is 52.3 Å². The molecule has 224 valence electrons. The predicted molar refractivity (Wildman–Crippen MR) is 157 cm³/mol. The van der Waals surface area contributed by atoms with Gasteiger partial charge in [0.1, 0.15) is 11.6 Å². The van der Waals surface area contributed by atoms with Crippen LogP contribution in [0.4, 0.5) is 0 Å². The third-order valence-electron chi connectivity index (χ3n) is 8.85. The first-order chi connectivity index (χ1) is 19.4. The Bertz CT molecular complexity index is 1230. The number of aliphatic hydroxyl groups excluding tert-OH is 1. The maximum Gasteiger partial charge on any atom is 0.253 e. The van der Waals surface area contributed by atoms with Gasteiger partial charge in [0.05, 0.1) is 17.8 Å². The van der Waals surface area contributed by atoms with Gasteiger partial charge in [-0.2, -0.15) is 5.10 Å². The van der Waals surface area contributed by atoms with Gasteiger partial charge in [0.15, 0.2) is 0 Å². The van der Waals surface area contributed by atoms with E-state index in [4.69, 9.17) is 0 Å². The molecule has 1 spiro atoms. The number of carbonyl (C=O) groups is 3. The number of nitrogens with one attached hydrogen (secondary N) is 2. The lowest BCUT2D eigenvalue weighted by molar-refractivity contribution is -0.165. The van der Waals surface area contributed by atoms with E-state index < -0.39 is 17.7 Å². The summed E-state index contributed by atoms with van der Waals surface area (Å²) in [6.45, 7) is 11.5. The molecule has 2 aliphatic heterocycles. The minimum atomic E-state index is -0.941. The largest absolute Gasteiger partial charge is 0.390 e. The topological polar surface area (TPSA) is 122 Å². The number of piperazine rings is 1. The van der Waals surface area contributed by atoms with Crippen molar-refractivity contribution in [2.24, 2.45) is 5.92 Å². The van der Waals surface area contributed by atoms with Crippen LogP contribution in [-0.4, -0.2) is 99.1 Å². The molecule has 3 heterocycles. The fourth-order valence-electron chi connectivity index (χ4n) is 6.33. The van der Waals surface area contributed by atoms with Crippen LogP contribution in [0.2, 0.25) is 0 Å². The molecule has 4 rings (SSSR count). The van der Waals surface area contributed by atoms with Crippen LogP contribution in [0, 0.1) is 19.8 Å². The number of H-pyrrole nitrogens is 1. The Morgan fingerprint density at radius 1 is 1.15 bits per heavy atom. The summed E-state index contributed by atoms with van der Waals surface area (Å²) >= 11 is 0. The zero-order valence-corrected chi connectivity index (χ0v) is 25.5. The van der Waals surface area contributed by atoms with Crippen molar-refractivity contribution in [2.75, 3.05) is 33.7 Å². The van der Waals surface area contributed by atoms with Crippen LogP contribution in [0.5, 0.6) is 0 Å². The van der Waals surface area contributed by atoms with Crippen LogP contribution in [0.1, 0.15) is 85.4 Å². The maximum atomic E-state index is 13.8. The highest BCUT2D eigenvalue weighted by molar-refractivity contribution is 6.00. The molecule has 0 saturated carbocycles. The van der Waals surface area contributed by atoms with E-state index in [1.807, 2.05) is 52.0 Å². The summed E-state index contributed by atoms with van der Waals surface area (Å²) in [5, 5.41) is 21.2. The summed E-state index contributed by atoms with van der Waals surface area (Å²) in [6, 6.07) is 6.67. The lowest BCUT2D eigenvalue weighted by Crippen LogP contribution is -2.75. The summed E-state index contributed by atoms with van der Waals surface area (Å²) in [6.07, 6.45) is 1.73. The first-order valence-electron chi connectivity index (χ1n) is 14.8. The molecule has 0 aliphatic carbocycles. The number of aromatic amines is 1. The van der Waals surface area contributed by atoms with Crippen LogP contribution >= 0.6 is 0 Å². The highest BCUT2D eigenvalue weighted by Crippen LogP contribution is 2.40. The molecule has 41 heavy (non-hydrogen) atoms. The van der Waals surface area contributed by atoms with E-state index in [0.29, 0.717) is 38.0 Å². The average Bonchev–Trinajstić information content (AvgIpc) is 3.28. The lowest BCUT2D eigenvalue weighted by Gasteiger charge is -2.53. The molecule has 1 aromatic heterocycles. The molecule has 2 fully saturated rings. The zero-order valence-electron chi connectivity index (χ0n) is 25.5. The molecule has 2 saturated heterocycles. The number of hydrogen-bond acceptors (Lipinski definition) is 6. The molecule has 10 nitrogen and oxygen atoms in total. The molecule has 2 aliphatic rings. The molecule has 0 bridgehead atoms. The van der Waals surface area contributed by atoms with Gasteiger partial charge in [-0.3, -0.25) is 24.4 Å². The SMILES string of the molecule is CCCCN1C(=O)[C@@H]([C@H](O)C(C)C)NC(=O)C12CCN(C(c1ccc(C(=O)N(C)C)cc1)c1c(C)n[nH]c1C)CC2. The molecule has 0 radical (unpaired) electrons. The second kappa shape index (κ2) is 12.3. The second-order valence-corrected chi connectivity index (χ2v) is 12.2. The van der Waals surface area contributed by atoms with E-state index in [2.05, 4.69) is 27.3 Å². The van der Waals surface area contributed by atoms with Gasteiger partial charge in [-0.05, 0) is 56.7 Å². The van der Waals surface area contributed by atoms with Crippen molar-refractivity contribution in [2.45, 2.75) is 84.0 Å². The quantitative estimate of drug-likeness (QED) is 0.429. The molecular formula is C31H46N6O4. The summed E-state index contributed by atoms with van der Waals surface area (Å²) in [5.41, 5.74) is 3.68. The van der Waals surface area contributed by atoms with Gasteiger partial charge in [-0.15, -0.1) is 0 Å². The molecule has 1 unspecified atom stereocenters. The third kappa shape index (κ3) is 5.77. The van der Waals surface area contributed by atoms with Gasteiger partial charge < -0.3 is 20.2 Å². The monoisotopic (exact) mass is 566 g/mol. The number of unbranched alkanes of at least 4 members (excludes halogenated alkanes) is 1. The molecule has 10 heteroatoms. The summed E-state index contributed by atoms with van der Waals surface area (Å²) < 4.78 is 0. The molecule has 3 N–H and O–H groups in total. The first kappa shape index (κ1) is 30.7. The van der Waals surface area contributed by atoms with Crippen LogP contribution < -0.4 is 5.32 Å². The number of aromatic nitrogens is 2. The van der Waals surface area contributed by atoms with Crippen molar-refractivity contribution >= 4 is 17.7 Å². The minimum absolute atomic E-state index is 0.0512. The van der Waals surface area contributed by atoms with Gasteiger partial charge in [0.25, 0.3) is 5.91 Å². The number of carbonyl (C=O) groups excluding carboxylic acids is 3. The van der Waals surface area contributed by atoms with Crippen molar-refractivity contribution < 1.29 is 19.5 Å². The number of aliphatic hydroxyl groups is 1. The normalized spacial score (nSPS) is 20.8. The smallest absolute Gasteiger partial charge is 0.253 e. The second-order valence-electron chi connectivity index (χ2n) is 12.2. The van der Waals surface area contributed by atoms with E-state index in [1.54, 1.807) is 23.9 Å². The number of aryl methyl sites for hydroxylation is 2. The number of hydrogen-bond donors (Lipinski definition) is 3. The van der Waals surface area contributed by atoms with E-state index in [9.17, 15) is 19.5 Å². The van der Waals surface area contributed by atoms with E-state index >= 15 is 0 Å². The van der Waals surface area contributed by atoms with Gasteiger partial charge >= 0.3 is 0 Å². The zero-order chi connectivity index (χ0) is 30.1. The van der Waals surface area contributed by atoms with Crippen molar-refractivity contribution in [3.8, 4) is 0 Å². The highest BCUT2D eigenvalue weighted by atomic mass is 16.3. The number of amides is 3. The van der Waals surface area contributed by atoms with Gasteiger partial charge in [0.2, 0.25) is 11.8 Å². The van der Waals surface area contributed by atoms with Crippen LogP contribution in [-0.2, 0) is 9.59 Å². The Balaban J connectivity index is 1.65. The summed E-state index contributed by atoms with van der Waals surface area (Å²) in [5.74, 6) is -0.567. The number of rotatable bonds is 9. The van der Waals surface area contributed by atoms with Crippen LogP contribution in [0.3, 0.4) is 0 Å². The van der Waals surface area contributed by atoms with E-state index in [-0.39, 0.29) is 29.7 Å². The Morgan fingerprint density at radius 2 is 1.78 bits per heavy atom. The first-order valence-corrected chi connectivity index (χ1v) is 14.8. The Labute approximate surface area is 243 Å². The number of benzene rings is 1. The fraction of sp³-hybridized carbons (Fsp3) is 0.613. The fourth-order valence-corrected chi connectivity index (χ4v) is 6.33. The highest BCUT2D eigenvalue weighted by Gasteiger charge is 2.55. The van der Waals surface area contributed by atoms with E-state index in [1.165, 1.54) is 0 Å². The third-order valence-corrected chi connectivity index (χ3v) is 8.85. The van der Waals surface area contributed by atoms with E-state index in [0.717, 1.165) is 35.4 Å². The van der Waals surface area contributed by atoms with Crippen LogP contribution in [0.25, 0.3) is 0 Å². The van der Waals surface area contributed by atoms with Crippen molar-refractivity contribution in [3.63, 3.8) is 0 Å². The molecule has 3 atom stereocenters. The van der Waals surface area contributed by atoms with Crippen LogP contribution in [0.15, 0.2) is 24.3 Å². The van der Waals surface area contributed by atoms with Gasteiger partial charge in [0, 0.05) is 50.6 Å². The van der Waals surface area contributed by atoms with Crippen molar-refractivity contribution in [1.82, 2.24) is 30.2 Å². The lowest BCUT2D eigenvalue weighted by atomic mass is 9.79. The number of likely N-dealkylation sites (tertiary alicyclic amines) is 1. The van der Waals surface area contributed by atoms with Gasteiger partial charge in [-0.1, -0.05) is 39.3 Å². The molecule has 3 amide bonds. The van der Waals surface area contributed by atoms with Gasteiger partial charge in [-0.25, -0.2) is 0 Å². The predicted octanol–water partition coefficient (Wildman–Crippen LogP) is 2.80. The minimum Gasteiger partial charge on any atom is -0.390 e. The average molecular weight is 567 g/mol. The maximum absolute atomic E-state index is 13.8. The standard InChI is InChI=1S/C31H46N6O4/c1-8-9-16-37-29(40)25(27(38)19(2)3)32-30(41)31(37)14-17-36(18-15-31)26(24-20(4)33-34-21(24)5)22-10-12-23(13-11-22)28(39)35(6)7/h10-13,19,25-27,38H,8-9,14-18H2,1-7H3,(H,32,41)(H,33,34)/t25-,26?,27-/m1/s1. The summed E-state index contributed by atoms with van der Waals surface area (Å²) in [7, 11) is 3.48. The molecule has 1 aromatic carbocycles.